The highest BCUT2D eigenvalue weighted by Crippen LogP contribution is 2.38. The maximum Gasteiger partial charge on any atom is 0.395 e. The highest BCUT2D eigenvalue weighted by molar-refractivity contribution is 5.95. The molecule has 0 bridgehead atoms. The van der Waals surface area contributed by atoms with E-state index in [0.29, 0.717) is 25.0 Å². The Morgan fingerprint density at radius 1 is 0.973 bits per heavy atom. The zero-order valence-corrected chi connectivity index (χ0v) is 22.3. The number of carbonyl (C=O) groups excluding carboxylic acids is 2. The Kier molecular flexibility index (Phi) is 13.9. The van der Waals surface area contributed by atoms with Gasteiger partial charge in [-0.3, -0.25) is 9.59 Å². The van der Waals surface area contributed by atoms with E-state index in [-0.39, 0.29) is 35.4 Å². The molecule has 1 amide bonds. The van der Waals surface area contributed by atoms with Crippen LogP contribution < -0.4 is 11.5 Å². The lowest BCUT2D eigenvalue weighted by molar-refractivity contribution is -0.149. The molecule has 2 aliphatic rings. The molecule has 0 radical (unpaired) electrons. The molecule has 37 heavy (non-hydrogen) atoms. The molecule has 0 saturated heterocycles. The van der Waals surface area contributed by atoms with Gasteiger partial charge in [0.1, 0.15) is 0 Å². The Labute approximate surface area is 218 Å². The van der Waals surface area contributed by atoms with Crippen LogP contribution in [0.15, 0.2) is 48.8 Å². The fraction of sp³-hybridized carbons (Fsp3) is 0.571. The van der Waals surface area contributed by atoms with Gasteiger partial charge >= 0.3 is 12.1 Å². The summed E-state index contributed by atoms with van der Waals surface area (Å²) >= 11 is 0. The van der Waals surface area contributed by atoms with E-state index in [9.17, 15) is 22.8 Å². The first-order valence-electron chi connectivity index (χ1n) is 13.0. The van der Waals surface area contributed by atoms with Gasteiger partial charge in [0.2, 0.25) is 0 Å². The minimum absolute atomic E-state index is 0.0643. The summed E-state index contributed by atoms with van der Waals surface area (Å²) in [6, 6.07) is 6.05. The number of benzene rings is 1. The van der Waals surface area contributed by atoms with Crippen molar-refractivity contribution in [3.05, 3.63) is 59.9 Å². The van der Waals surface area contributed by atoms with Crippen LogP contribution in [0.4, 0.5) is 13.2 Å². The normalized spacial score (nSPS) is 20.3. The first kappa shape index (κ1) is 32.1. The molecule has 0 unspecified atom stereocenters. The molecule has 0 heterocycles. The first-order valence-corrected chi connectivity index (χ1v) is 13.0. The summed E-state index contributed by atoms with van der Waals surface area (Å²) in [5.41, 5.74) is 10.4. The molecule has 0 spiro atoms. The number of nitrogens with zero attached hydrogens (tertiary/aromatic N) is 1. The van der Waals surface area contributed by atoms with Crippen LogP contribution in [0.5, 0.6) is 0 Å². The maximum atomic E-state index is 13.1. The molecular formula is C28H42F3N3O3. The van der Waals surface area contributed by atoms with E-state index in [0.717, 1.165) is 32.6 Å². The summed E-state index contributed by atoms with van der Waals surface area (Å²) in [4.78, 5) is 27.0. The molecule has 2 fully saturated rings. The number of alkyl halides is 3. The highest BCUT2D eigenvalue weighted by Gasteiger charge is 2.41. The van der Waals surface area contributed by atoms with Crippen molar-refractivity contribution in [3.8, 4) is 0 Å². The van der Waals surface area contributed by atoms with Gasteiger partial charge < -0.3 is 21.1 Å². The molecule has 1 aromatic rings. The van der Waals surface area contributed by atoms with E-state index in [1.54, 1.807) is 19.1 Å². The van der Waals surface area contributed by atoms with E-state index in [1.165, 1.54) is 36.7 Å². The Bertz CT molecular complexity index is 863. The van der Waals surface area contributed by atoms with Crippen molar-refractivity contribution in [2.24, 2.45) is 17.4 Å². The summed E-state index contributed by atoms with van der Waals surface area (Å²) in [7, 11) is 0. The highest BCUT2D eigenvalue weighted by atomic mass is 19.4. The number of ether oxygens (including phenoxy) is 1. The number of halogens is 3. The number of amides is 1. The van der Waals surface area contributed by atoms with Crippen LogP contribution >= 0.6 is 0 Å². The van der Waals surface area contributed by atoms with Crippen molar-refractivity contribution >= 4 is 11.9 Å². The summed E-state index contributed by atoms with van der Waals surface area (Å²) in [5, 5.41) is 0. The summed E-state index contributed by atoms with van der Waals surface area (Å²) in [6.07, 6.45) is 6.63. The van der Waals surface area contributed by atoms with Gasteiger partial charge in [-0.1, -0.05) is 26.0 Å². The number of hydrogen-bond acceptors (Lipinski definition) is 5. The molecule has 208 valence electrons. The number of nitrogens with two attached hydrogens (primary N) is 2. The summed E-state index contributed by atoms with van der Waals surface area (Å²) in [5.74, 6) is -1.96. The zero-order valence-electron chi connectivity index (χ0n) is 22.3. The number of carbonyl (C=O) groups is 2. The maximum absolute atomic E-state index is 13.1. The van der Waals surface area contributed by atoms with Gasteiger partial charge in [-0.25, -0.2) is 0 Å². The first-order chi connectivity index (χ1) is 17.6. The Balaban J connectivity index is 0.000000752. The topological polar surface area (TPSA) is 98.6 Å². The SMILES string of the molecule is CC.CCOC(=O)C1CCC(N(C(=O)c2ccc([C@@H](C)C(F)(F)F)cc2)C2CC2)CC1.N/C=C\C=C/N. The molecular weight excluding hydrogens is 483 g/mol. The molecule has 0 aromatic heterocycles. The Morgan fingerprint density at radius 3 is 1.81 bits per heavy atom. The van der Waals surface area contributed by atoms with E-state index < -0.39 is 12.1 Å². The number of rotatable bonds is 7. The van der Waals surface area contributed by atoms with Crippen molar-refractivity contribution < 1.29 is 27.5 Å². The fourth-order valence-electron chi connectivity index (χ4n) is 4.21. The van der Waals surface area contributed by atoms with Crippen molar-refractivity contribution in [3.63, 3.8) is 0 Å². The predicted octanol–water partition coefficient (Wildman–Crippen LogP) is 6.04. The largest absolute Gasteiger partial charge is 0.466 e. The second kappa shape index (κ2) is 16.0. The molecule has 4 N–H and O–H groups in total. The van der Waals surface area contributed by atoms with Crippen LogP contribution in [0.3, 0.4) is 0 Å². The van der Waals surface area contributed by atoms with E-state index >= 15 is 0 Å². The molecule has 2 aliphatic carbocycles. The van der Waals surface area contributed by atoms with Crippen LogP contribution in [-0.4, -0.2) is 41.6 Å². The van der Waals surface area contributed by atoms with Crippen LogP contribution in [0, 0.1) is 5.92 Å². The quantitative estimate of drug-likeness (QED) is 0.334. The fourth-order valence-corrected chi connectivity index (χ4v) is 4.21. The molecule has 6 nitrogen and oxygen atoms in total. The van der Waals surface area contributed by atoms with Crippen molar-refractivity contribution in [1.29, 1.82) is 0 Å². The van der Waals surface area contributed by atoms with Crippen LogP contribution in [-0.2, 0) is 9.53 Å². The van der Waals surface area contributed by atoms with Gasteiger partial charge in [-0.2, -0.15) is 13.2 Å². The third-order valence-electron chi connectivity index (χ3n) is 6.37. The van der Waals surface area contributed by atoms with E-state index in [2.05, 4.69) is 0 Å². The van der Waals surface area contributed by atoms with Gasteiger partial charge in [-0.05, 0) is 94.6 Å². The summed E-state index contributed by atoms with van der Waals surface area (Å²) in [6.45, 7) is 7.28. The van der Waals surface area contributed by atoms with Gasteiger partial charge in [0, 0.05) is 17.6 Å². The predicted molar refractivity (Wildman–Crippen MR) is 140 cm³/mol. The van der Waals surface area contributed by atoms with E-state index in [1.807, 2.05) is 18.7 Å². The molecule has 0 aliphatic heterocycles. The lowest BCUT2D eigenvalue weighted by atomic mass is 9.85. The number of allylic oxidation sites excluding steroid dienone is 2. The number of esters is 1. The second-order valence-electron chi connectivity index (χ2n) is 8.86. The van der Waals surface area contributed by atoms with Gasteiger partial charge in [0.25, 0.3) is 5.91 Å². The monoisotopic (exact) mass is 525 g/mol. The zero-order chi connectivity index (χ0) is 28.0. The van der Waals surface area contributed by atoms with Crippen molar-refractivity contribution in [2.75, 3.05) is 6.61 Å². The minimum Gasteiger partial charge on any atom is -0.466 e. The minimum atomic E-state index is -4.30. The Hall–Kier alpha value is -2.97. The van der Waals surface area contributed by atoms with Crippen LogP contribution in [0.1, 0.15) is 88.1 Å². The number of hydrogen-bond donors (Lipinski definition) is 2. The average Bonchev–Trinajstić information content (AvgIpc) is 3.74. The van der Waals surface area contributed by atoms with E-state index in [4.69, 9.17) is 16.2 Å². The summed E-state index contributed by atoms with van der Waals surface area (Å²) < 4.78 is 43.8. The van der Waals surface area contributed by atoms with Crippen LogP contribution in [0.25, 0.3) is 0 Å². The molecule has 2 saturated carbocycles. The van der Waals surface area contributed by atoms with Gasteiger partial charge in [0.15, 0.2) is 0 Å². The molecule has 1 aromatic carbocycles. The van der Waals surface area contributed by atoms with Crippen molar-refractivity contribution in [2.45, 2.75) is 90.4 Å². The van der Waals surface area contributed by atoms with Crippen LogP contribution in [0.2, 0.25) is 0 Å². The second-order valence-corrected chi connectivity index (χ2v) is 8.86. The van der Waals surface area contributed by atoms with Gasteiger partial charge in [-0.15, -0.1) is 0 Å². The molecule has 1 atom stereocenters. The third-order valence-corrected chi connectivity index (χ3v) is 6.37. The standard InChI is InChI=1S/C22H28F3NO3.C4H8N2.C2H6/c1-3-29-21(28)17-8-10-18(11-9-17)26(19-12-13-19)20(27)16-6-4-15(5-7-16)14(2)22(23,24)25;5-3-1-2-4-6;1-2/h4-7,14,17-19H,3,8-13H2,1-2H3;1-4H,5-6H2;1-2H3/b;3-1-,4-2-;/t14-,17?,18?;;/m1../s1. The molecule has 9 heteroatoms. The van der Waals surface area contributed by atoms with Gasteiger partial charge in [0.05, 0.1) is 18.4 Å². The van der Waals surface area contributed by atoms with Crippen molar-refractivity contribution in [1.82, 2.24) is 4.90 Å². The smallest absolute Gasteiger partial charge is 0.395 e. The lowest BCUT2D eigenvalue weighted by Gasteiger charge is -2.36. The molecule has 3 rings (SSSR count). The Morgan fingerprint density at radius 2 is 1.43 bits per heavy atom. The third kappa shape index (κ3) is 10.1. The average molecular weight is 526 g/mol. The lowest BCUT2D eigenvalue weighted by Crippen LogP contribution is -2.44.